The predicted octanol–water partition coefficient (Wildman–Crippen LogP) is 3.56. The average Bonchev–Trinajstić information content (AvgIpc) is 3.51. The van der Waals surface area contributed by atoms with Gasteiger partial charge in [0, 0.05) is 12.6 Å². The molecule has 1 saturated carbocycles. The number of nitrogens with zero attached hydrogens (tertiary/aromatic N) is 2. The second kappa shape index (κ2) is 7.48. The van der Waals surface area contributed by atoms with E-state index in [0.29, 0.717) is 18.0 Å². The van der Waals surface area contributed by atoms with E-state index in [2.05, 4.69) is 0 Å². The minimum absolute atomic E-state index is 0.0900. The van der Waals surface area contributed by atoms with Gasteiger partial charge in [-0.1, -0.05) is 18.2 Å². The lowest BCUT2D eigenvalue weighted by molar-refractivity contribution is 0.303. The van der Waals surface area contributed by atoms with Gasteiger partial charge in [-0.25, -0.2) is 8.42 Å². The average molecular weight is 370 g/mol. The van der Waals surface area contributed by atoms with Gasteiger partial charge in [0.1, 0.15) is 5.75 Å². The molecule has 3 rings (SSSR count). The van der Waals surface area contributed by atoms with Crippen molar-refractivity contribution in [1.82, 2.24) is 4.31 Å². The molecule has 6 heteroatoms. The Balaban J connectivity index is 1.95. The molecule has 0 N–H and O–H groups in total. The van der Waals surface area contributed by atoms with E-state index in [4.69, 9.17) is 10.00 Å². The van der Waals surface area contributed by atoms with Gasteiger partial charge in [0.15, 0.2) is 0 Å². The van der Waals surface area contributed by atoms with E-state index in [9.17, 15) is 8.42 Å². The summed E-state index contributed by atoms with van der Waals surface area (Å²) in [6.07, 6.45) is 2.10. The van der Waals surface area contributed by atoms with Crippen LogP contribution in [0.1, 0.15) is 30.9 Å². The van der Waals surface area contributed by atoms with Crippen LogP contribution in [0.25, 0.3) is 0 Å². The highest BCUT2D eigenvalue weighted by atomic mass is 32.2. The smallest absolute Gasteiger partial charge is 0.243 e. The molecule has 0 radical (unpaired) electrons. The van der Waals surface area contributed by atoms with E-state index in [1.807, 2.05) is 37.3 Å². The van der Waals surface area contributed by atoms with Gasteiger partial charge < -0.3 is 4.74 Å². The molecule has 0 amide bonds. The summed E-state index contributed by atoms with van der Waals surface area (Å²) in [5, 5.41) is 9.09. The van der Waals surface area contributed by atoms with Crippen LogP contribution < -0.4 is 4.74 Å². The Morgan fingerprint density at radius 1 is 1.23 bits per heavy atom. The molecule has 0 aromatic heterocycles. The van der Waals surface area contributed by atoms with Gasteiger partial charge in [-0.2, -0.15) is 9.57 Å². The molecule has 5 nitrogen and oxygen atoms in total. The molecule has 1 atom stereocenters. The highest BCUT2D eigenvalue weighted by Crippen LogP contribution is 2.38. The molecule has 0 bridgehead atoms. The van der Waals surface area contributed by atoms with Crippen LogP contribution in [0.5, 0.6) is 5.75 Å². The summed E-state index contributed by atoms with van der Waals surface area (Å²) in [4.78, 5) is 0.164. The normalized spacial score (nSPS) is 15.5. The third kappa shape index (κ3) is 3.90. The van der Waals surface area contributed by atoms with Gasteiger partial charge in [0.2, 0.25) is 10.0 Å². The molecule has 0 heterocycles. The van der Waals surface area contributed by atoms with Gasteiger partial charge in [-0.05, 0) is 61.6 Å². The van der Waals surface area contributed by atoms with Crippen LogP contribution in [0.4, 0.5) is 0 Å². The standard InChI is InChI=1S/C20H22N2O3S/c1-15(18-8-9-18)22(14-16-6-10-19(25-2)11-7-16)26(23,24)20-5-3-4-17(12-20)13-21/h3-7,10-12,15,18H,8-9,14H2,1-2H3. The van der Waals surface area contributed by atoms with Gasteiger partial charge in [0.05, 0.1) is 23.6 Å². The van der Waals surface area contributed by atoms with Crippen molar-refractivity contribution in [2.75, 3.05) is 7.11 Å². The number of rotatable bonds is 7. The second-order valence-electron chi connectivity index (χ2n) is 6.62. The number of hydrogen-bond acceptors (Lipinski definition) is 4. The van der Waals surface area contributed by atoms with Crippen LogP contribution in [0.15, 0.2) is 53.4 Å². The summed E-state index contributed by atoms with van der Waals surface area (Å²) >= 11 is 0. The molecule has 1 fully saturated rings. The summed E-state index contributed by atoms with van der Waals surface area (Å²) in [7, 11) is -2.10. The Bertz CT molecular complexity index is 913. The lowest BCUT2D eigenvalue weighted by Crippen LogP contribution is -2.39. The van der Waals surface area contributed by atoms with Crippen molar-refractivity contribution < 1.29 is 13.2 Å². The first-order valence-corrected chi connectivity index (χ1v) is 10.0. The maximum absolute atomic E-state index is 13.3. The summed E-state index contributed by atoms with van der Waals surface area (Å²) in [6.45, 7) is 2.26. The van der Waals surface area contributed by atoms with Crippen LogP contribution in [0.3, 0.4) is 0 Å². The van der Waals surface area contributed by atoms with E-state index in [-0.39, 0.29) is 10.9 Å². The highest BCUT2D eigenvalue weighted by molar-refractivity contribution is 7.89. The summed E-state index contributed by atoms with van der Waals surface area (Å²) in [5.74, 6) is 1.13. The van der Waals surface area contributed by atoms with Crippen molar-refractivity contribution >= 4 is 10.0 Å². The lowest BCUT2D eigenvalue weighted by Gasteiger charge is -2.28. The number of hydrogen-bond donors (Lipinski definition) is 0. The SMILES string of the molecule is COc1ccc(CN(C(C)C2CC2)S(=O)(=O)c2cccc(C#N)c2)cc1. The number of methoxy groups -OCH3 is 1. The second-order valence-corrected chi connectivity index (χ2v) is 8.51. The van der Waals surface area contributed by atoms with Gasteiger partial charge >= 0.3 is 0 Å². The van der Waals surface area contributed by atoms with Crippen LogP contribution in [0, 0.1) is 17.2 Å². The fourth-order valence-corrected chi connectivity index (χ4v) is 4.76. The van der Waals surface area contributed by atoms with Crippen molar-refractivity contribution in [3.63, 3.8) is 0 Å². The summed E-state index contributed by atoms with van der Waals surface area (Å²) in [6, 6.07) is 15.6. The number of nitriles is 1. The largest absolute Gasteiger partial charge is 0.497 e. The van der Waals surface area contributed by atoms with Crippen molar-refractivity contribution in [3.8, 4) is 11.8 Å². The fraction of sp³-hybridized carbons (Fsp3) is 0.350. The molecule has 136 valence electrons. The maximum Gasteiger partial charge on any atom is 0.243 e. The molecule has 26 heavy (non-hydrogen) atoms. The minimum atomic E-state index is -3.70. The first-order valence-electron chi connectivity index (χ1n) is 8.60. The molecular weight excluding hydrogens is 348 g/mol. The van der Waals surface area contributed by atoms with Crippen LogP contribution >= 0.6 is 0 Å². The Morgan fingerprint density at radius 2 is 1.92 bits per heavy atom. The molecule has 1 unspecified atom stereocenters. The highest BCUT2D eigenvalue weighted by Gasteiger charge is 2.38. The molecule has 0 saturated heterocycles. The number of sulfonamides is 1. The summed E-state index contributed by atoms with van der Waals surface area (Å²) in [5.41, 5.74) is 1.24. The molecule has 0 spiro atoms. The zero-order valence-electron chi connectivity index (χ0n) is 14.9. The topological polar surface area (TPSA) is 70.4 Å². The van der Waals surface area contributed by atoms with Gasteiger partial charge in [-0.3, -0.25) is 0 Å². The first-order chi connectivity index (χ1) is 12.5. The molecular formula is C20H22N2O3S. The lowest BCUT2D eigenvalue weighted by atomic mass is 10.1. The number of ether oxygens (including phenoxy) is 1. The van der Waals surface area contributed by atoms with Gasteiger partial charge in [-0.15, -0.1) is 0 Å². The van der Waals surface area contributed by atoms with Crippen molar-refractivity contribution in [2.45, 2.75) is 37.2 Å². The fourth-order valence-electron chi connectivity index (χ4n) is 3.03. The third-order valence-corrected chi connectivity index (χ3v) is 6.75. The third-order valence-electron chi connectivity index (χ3n) is 4.83. The van der Waals surface area contributed by atoms with E-state index in [0.717, 1.165) is 24.2 Å². The van der Waals surface area contributed by atoms with Crippen LogP contribution in [0.2, 0.25) is 0 Å². The van der Waals surface area contributed by atoms with E-state index in [1.165, 1.54) is 6.07 Å². The molecule has 2 aromatic carbocycles. The van der Waals surface area contributed by atoms with E-state index >= 15 is 0 Å². The zero-order valence-corrected chi connectivity index (χ0v) is 15.7. The van der Waals surface area contributed by atoms with Crippen LogP contribution in [-0.4, -0.2) is 25.9 Å². The molecule has 1 aliphatic rings. The molecule has 0 aliphatic heterocycles. The van der Waals surface area contributed by atoms with E-state index < -0.39 is 10.0 Å². The molecule has 2 aromatic rings. The van der Waals surface area contributed by atoms with Gasteiger partial charge in [0.25, 0.3) is 0 Å². The van der Waals surface area contributed by atoms with Crippen molar-refractivity contribution in [2.24, 2.45) is 5.92 Å². The Kier molecular flexibility index (Phi) is 5.30. The first kappa shape index (κ1) is 18.4. The maximum atomic E-state index is 13.3. The Morgan fingerprint density at radius 3 is 2.50 bits per heavy atom. The van der Waals surface area contributed by atoms with Crippen molar-refractivity contribution in [3.05, 3.63) is 59.7 Å². The number of benzene rings is 2. The molecule has 1 aliphatic carbocycles. The monoisotopic (exact) mass is 370 g/mol. The predicted molar refractivity (Wildman–Crippen MR) is 99.1 cm³/mol. The Labute approximate surface area is 154 Å². The summed E-state index contributed by atoms with van der Waals surface area (Å²) < 4.78 is 33.3. The van der Waals surface area contributed by atoms with E-state index in [1.54, 1.807) is 29.6 Å². The van der Waals surface area contributed by atoms with Crippen LogP contribution in [-0.2, 0) is 16.6 Å². The zero-order chi connectivity index (χ0) is 18.7. The Hall–Kier alpha value is -2.36. The minimum Gasteiger partial charge on any atom is -0.497 e. The van der Waals surface area contributed by atoms with Crippen molar-refractivity contribution in [1.29, 1.82) is 5.26 Å². The quantitative estimate of drug-likeness (QED) is 0.747.